The molecule has 0 atom stereocenters. The Labute approximate surface area is 182 Å². The molecular formula is C18H20F4N4S2Si2. The molecule has 0 aliphatic carbocycles. The number of halogens is 4. The van der Waals surface area contributed by atoms with Crippen LogP contribution in [-0.2, 0) is 6.04 Å². The Morgan fingerprint density at radius 2 is 1.30 bits per heavy atom. The zero-order valence-electron chi connectivity index (χ0n) is 17.1. The van der Waals surface area contributed by atoms with E-state index in [9.17, 15) is 17.6 Å². The number of rotatable bonds is 3. The molecule has 160 valence electrons. The Kier molecular flexibility index (Phi) is 6.70. The molecule has 12 heteroatoms. The van der Waals surface area contributed by atoms with Gasteiger partial charge in [-0.1, -0.05) is 32.7 Å². The van der Waals surface area contributed by atoms with Crippen LogP contribution in [0.2, 0.25) is 32.7 Å². The number of fused-ring (bicyclic) bond motifs is 2. The van der Waals surface area contributed by atoms with Crippen molar-refractivity contribution in [3.05, 3.63) is 41.0 Å². The van der Waals surface area contributed by atoms with E-state index < -0.39 is 40.1 Å². The number of hydrogen-bond donors (Lipinski definition) is 0. The zero-order chi connectivity index (χ0) is 22.2. The van der Waals surface area contributed by atoms with Crippen LogP contribution < -0.4 is 5.19 Å². The number of aromatic nitrogens is 4. The van der Waals surface area contributed by atoms with Crippen molar-refractivity contribution in [2.45, 2.75) is 38.8 Å². The standard InChI is InChI=1S/C12H18F2N2SSi2.C6H2F2N2S/c1-18(2)6-7-8(13)9(14)12(19(3,4)5)11-10(7)15-17-16-11;7-3-1-5-6(2-4(3)8)10-11-9-5/h18H,6H2,1-5H3;1-2H. The lowest BCUT2D eigenvalue weighted by atomic mass is 10.2. The number of nitrogens with zero attached hydrogens (tertiary/aromatic N) is 4. The molecule has 2 aromatic carbocycles. The fraction of sp³-hybridized carbons (Fsp3) is 0.333. The molecule has 0 aliphatic heterocycles. The topological polar surface area (TPSA) is 51.6 Å². The lowest BCUT2D eigenvalue weighted by Crippen LogP contribution is -2.41. The minimum Gasteiger partial charge on any atom is -0.204 e. The zero-order valence-corrected chi connectivity index (χ0v) is 20.8. The van der Waals surface area contributed by atoms with Gasteiger partial charge in [0.2, 0.25) is 0 Å². The van der Waals surface area contributed by atoms with Crippen LogP contribution in [0.25, 0.3) is 22.1 Å². The highest BCUT2D eigenvalue weighted by atomic mass is 32.1. The van der Waals surface area contributed by atoms with Crippen molar-refractivity contribution >= 4 is 67.6 Å². The lowest BCUT2D eigenvalue weighted by molar-refractivity contribution is 0.509. The molecule has 0 aliphatic rings. The molecule has 0 saturated heterocycles. The van der Waals surface area contributed by atoms with Crippen LogP contribution in [0.4, 0.5) is 17.6 Å². The van der Waals surface area contributed by atoms with Crippen LogP contribution in [-0.4, -0.2) is 34.4 Å². The largest absolute Gasteiger partial charge is 0.204 e. The maximum Gasteiger partial charge on any atom is 0.163 e. The predicted octanol–water partition coefficient (Wildman–Crippen LogP) is 5.05. The van der Waals surface area contributed by atoms with E-state index in [1.165, 1.54) is 0 Å². The lowest BCUT2D eigenvalue weighted by Gasteiger charge is -2.20. The third-order valence-electron chi connectivity index (χ3n) is 4.35. The van der Waals surface area contributed by atoms with E-state index in [0.717, 1.165) is 35.6 Å². The van der Waals surface area contributed by atoms with Gasteiger partial charge in [-0.05, 0) is 6.04 Å². The van der Waals surface area contributed by atoms with E-state index in [4.69, 9.17) is 0 Å². The molecule has 30 heavy (non-hydrogen) atoms. The summed E-state index contributed by atoms with van der Waals surface area (Å²) >= 11 is 1.98. The second kappa shape index (κ2) is 8.77. The summed E-state index contributed by atoms with van der Waals surface area (Å²) in [7, 11) is -3.04. The van der Waals surface area contributed by atoms with Crippen molar-refractivity contribution in [2.24, 2.45) is 0 Å². The average Bonchev–Trinajstić information content (AvgIpc) is 3.28. The smallest absolute Gasteiger partial charge is 0.163 e. The molecule has 0 saturated carbocycles. The van der Waals surface area contributed by atoms with Gasteiger partial charge in [0.1, 0.15) is 22.1 Å². The third-order valence-corrected chi connectivity index (χ3v) is 8.61. The summed E-state index contributed by atoms with van der Waals surface area (Å²) in [5.74, 6) is -3.15. The summed E-state index contributed by atoms with van der Waals surface area (Å²) in [4.78, 5) is 0. The molecule has 0 amide bonds. The van der Waals surface area contributed by atoms with Crippen LogP contribution in [0, 0.1) is 23.3 Å². The Hall–Kier alpha value is -1.77. The van der Waals surface area contributed by atoms with Crippen LogP contribution >= 0.6 is 23.5 Å². The summed E-state index contributed by atoms with van der Waals surface area (Å²) < 4.78 is 69.7. The molecule has 0 N–H and O–H groups in total. The van der Waals surface area contributed by atoms with E-state index in [2.05, 4.69) is 30.6 Å². The van der Waals surface area contributed by atoms with Gasteiger partial charge < -0.3 is 0 Å². The Morgan fingerprint density at radius 1 is 0.800 bits per heavy atom. The van der Waals surface area contributed by atoms with Crippen LogP contribution in [0.3, 0.4) is 0 Å². The number of hydrogen-bond acceptors (Lipinski definition) is 6. The highest BCUT2D eigenvalue weighted by Gasteiger charge is 2.31. The van der Waals surface area contributed by atoms with E-state index in [0.29, 0.717) is 38.9 Å². The minimum absolute atomic E-state index is 0.397. The van der Waals surface area contributed by atoms with Gasteiger partial charge in [0.25, 0.3) is 0 Å². The monoisotopic (exact) mass is 488 g/mol. The SMILES string of the molecule is C[SiH](C)Cc1c(F)c(F)c([Si](C)(C)C)c2nsnc12.Fc1cc2nsnc2cc1F. The summed E-state index contributed by atoms with van der Waals surface area (Å²) in [6.45, 7) is 10.2. The quantitative estimate of drug-likeness (QED) is 0.299. The predicted molar refractivity (Wildman–Crippen MR) is 120 cm³/mol. The first-order chi connectivity index (χ1) is 14.0. The van der Waals surface area contributed by atoms with E-state index in [-0.39, 0.29) is 0 Å². The fourth-order valence-corrected chi connectivity index (χ4v) is 7.07. The van der Waals surface area contributed by atoms with Crippen molar-refractivity contribution in [1.82, 2.24) is 17.5 Å². The molecule has 0 fully saturated rings. The summed E-state index contributed by atoms with van der Waals surface area (Å²) in [6, 6.07) is 2.69. The van der Waals surface area contributed by atoms with Crippen LogP contribution in [0.1, 0.15) is 5.56 Å². The van der Waals surface area contributed by atoms with E-state index >= 15 is 0 Å². The molecular weight excluding hydrogens is 469 g/mol. The van der Waals surface area contributed by atoms with Crippen LogP contribution in [0.15, 0.2) is 12.1 Å². The van der Waals surface area contributed by atoms with Crippen molar-refractivity contribution < 1.29 is 17.6 Å². The second-order valence-corrected chi connectivity index (χ2v) is 17.6. The van der Waals surface area contributed by atoms with E-state index in [1.807, 2.05) is 19.6 Å². The minimum atomic E-state index is -2.00. The van der Waals surface area contributed by atoms with Crippen molar-refractivity contribution in [3.63, 3.8) is 0 Å². The van der Waals surface area contributed by atoms with Gasteiger partial charge in [-0.2, -0.15) is 17.5 Å². The maximum absolute atomic E-state index is 14.4. The highest BCUT2D eigenvalue weighted by Crippen LogP contribution is 2.25. The maximum atomic E-state index is 14.4. The first kappa shape index (κ1) is 22.9. The van der Waals surface area contributed by atoms with Gasteiger partial charge in [-0.25, -0.2) is 17.6 Å². The third kappa shape index (κ3) is 4.60. The summed E-state index contributed by atoms with van der Waals surface area (Å²) in [6.07, 6.45) is 0. The Morgan fingerprint density at radius 3 is 1.80 bits per heavy atom. The van der Waals surface area contributed by atoms with Gasteiger partial charge in [-0.3, -0.25) is 0 Å². The van der Waals surface area contributed by atoms with Gasteiger partial charge >= 0.3 is 0 Å². The van der Waals surface area contributed by atoms with Gasteiger partial charge in [0.05, 0.1) is 31.5 Å². The molecule has 2 aromatic heterocycles. The molecule has 0 bridgehead atoms. The molecule has 0 radical (unpaired) electrons. The Balaban J connectivity index is 0.000000196. The molecule has 4 aromatic rings. The Bertz CT molecular complexity index is 1170. The molecule has 0 spiro atoms. The van der Waals surface area contributed by atoms with E-state index in [1.54, 1.807) is 0 Å². The van der Waals surface area contributed by atoms with Gasteiger partial charge in [0, 0.05) is 31.7 Å². The first-order valence-electron chi connectivity index (χ1n) is 9.20. The van der Waals surface area contributed by atoms with Crippen molar-refractivity contribution in [3.8, 4) is 0 Å². The number of benzene rings is 2. The van der Waals surface area contributed by atoms with Crippen molar-refractivity contribution in [1.29, 1.82) is 0 Å². The molecule has 4 nitrogen and oxygen atoms in total. The molecule has 0 unspecified atom stereocenters. The average molecular weight is 489 g/mol. The fourth-order valence-electron chi connectivity index (χ4n) is 3.06. The second-order valence-electron chi connectivity index (χ2n) is 8.31. The normalized spacial score (nSPS) is 11.9. The summed E-state index contributed by atoms with van der Waals surface area (Å²) in [5, 5.41) is 0.475. The van der Waals surface area contributed by atoms with Gasteiger partial charge in [-0.15, -0.1) is 0 Å². The molecule has 4 rings (SSSR count). The summed E-state index contributed by atoms with van der Waals surface area (Å²) in [5.41, 5.74) is 2.41. The van der Waals surface area contributed by atoms with Crippen LogP contribution in [0.5, 0.6) is 0 Å². The molecule has 2 heterocycles. The van der Waals surface area contributed by atoms with Gasteiger partial charge in [0.15, 0.2) is 23.3 Å². The van der Waals surface area contributed by atoms with Crippen molar-refractivity contribution in [2.75, 3.05) is 0 Å². The first-order valence-corrected chi connectivity index (χ1v) is 17.3. The highest BCUT2D eigenvalue weighted by molar-refractivity contribution is 7.00.